The zero-order chi connectivity index (χ0) is 39.3. The lowest BCUT2D eigenvalue weighted by molar-refractivity contribution is -0.326. The summed E-state index contributed by atoms with van der Waals surface area (Å²) in [7, 11) is 0. The van der Waals surface area contributed by atoms with Crippen LogP contribution in [0, 0.1) is 16.7 Å². The van der Waals surface area contributed by atoms with Crippen molar-refractivity contribution >= 4 is 29.6 Å². The number of fused-ring (bicyclic) bond motifs is 3. The average Bonchev–Trinajstić information content (AvgIpc) is 3.09. The summed E-state index contributed by atoms with van der Waals surface area (Å²) >= 11 is 0. The molecule has 2 unspecified atom stereocenters. The summed E-state index contributed by atoms with van der Waals surface area (Å²) in [6, 6.07) is 15.1. The Morgan fingerprint density at radius 3 is 2.00 bits per heavy atom. The van der Waals surface area contributed by atoms with Gasteiger partial charge in [-0.2, -0.15) is 0 Å². The van der Waals surface area contributed by atoms with Crippen LogP contribution in [-0.4, -0.2) is 97.0 Å². The molecule has 2 fully saturated rings. The molecule has 3 aliphatic carbocycles. The Hall–Kier alpha value is -4.47. The third-order valence-electron chi connectivity index (χ3n) is 11.6. The number of esters is 3. The molecule has 14 nitrogen and oxygen atoms in total. The second kappa shape index (κ2) is 14.4. The molecule has 0 heterocycles. The molecular weight excluding hydrogens is 690 g/mol. The number of aliphatic hydroxyl groups is 5. The van der Waals surface area contributed by atoms with E-state index >= 15 is 0 Å². The summed E-state index contributed by atoms with van der Waals surface area (Å²) < 4.78 is 16.8. The number of benzene rings is 2. The molecule has 53 heavy (non-hydrogen) atoms. The van der Waals surface area contributed by atoms with Crippen molar-refractivity contribution in [3.05, 3.63) is 82.9 Å². The molecule has 2 aromatic rings. The van der Waals surface area contributed by atoms with Crippen LogP contribution in [0.4, 0.5) is 0 Å². The topological polar surface area (TPSA) is 226 Å². The van der Waals surface area contributed by atoms with E-state index < -0.39 is 114 Å². The van der Waals surface area contributed by atoms with Gasteiger partial charge in [-0.15, -0.1) is 0 Å². The van der Waals surface area contributed by atoms with E-state index in [-0.39, 0.29) is 16.7 Å². The molecule has 2 aromatic carbocycles. The van der Waals surface area contributed by atoms with E-state index in [0.29, 0.717) is 5.56 Å². The predicted octanol–water partition coefficient (Wildman–Crippen LogP) is 1.81. The van der Waals surface area contributed by atoms with Gasteiger partial charge in [0.2, 0.25) is 5.79 Å². The highest BCUT2D eigenvalue weighted by molar-refractivity contribution is 5.95. The number of rotatable bonds is 8. The van der Waals surface area contributed by atoms with Gasteiger partial charge in [-0.3, -0.25) is 19.2 Å². The van der Waals surface area contributed by atoms with E-state index in [4.69, 9.17) is 14.2 Å². The van der Waals surface area contributed by atoms with Gasteiger partial charge in [0.25, 0.3) is 5.91 Å². The second-order valence-corrected chi connectivity index (χ2v) is 15.1. The van der Waals surface area contributed by atoms with Crippen molar-refractivity contribution in [3.8, 4) is 0 Å². The first-order valence-corrected chi connectivity index (χ1v) is 17.4. The van der Waals surface area contributed by atoms with Crippen LogP contribution in [0.3, 0.4) is 0 Å². The molecular formula is C39H47NO13. The largest absolute Gasteiger partial charge is 0.456 e. The quantitative estimate of drug-likeness (QED) is 0.0985. The van der Waals surface area contributed by atoms with Gasteiger partial charge in [0.1, 0.15) is 12.2 Å². The molecule has 10 atom stereocenters. The molecule has 0 spiro atoms. The number of hydrogen-bond acceptors (Lipinski definition) is 13. The lowest BCUT2D eigenvalue weighted by Crippen LogP contribution is -2.72. The molecule has 0 aromatic heterocycles. The van der Waals surface area contributed by atoms with Crippen molar-refractivity contribution in [2.24, 2.45) is 16.7 Å². The number of ketones is 1. The molecule has 0 aliphatic heterocycles. The highest BCUT2D eigenvalue weighted by Crippen LogP contribution is 2.61. The molecule has 3 aliphatic rings. The first kappa shape index (κ1) is 39.7. The van der Waals surface area contributed by atoms with Gasteiger partial charge in [0, 0.05) is 43.6 Å². The Bertz CT molecular complexity index is 1790. The molecule has 1 amide bonds. The second-order valence-electron chi connectivity index (χ2n) is 15.1. The number of carbonyl (C=O) groups is 5. The van der Waals surface area contributed by atoms with Gasteiger partial charge < -0.3 is 45.1 Å². The van der Waals surface area contributed by atoms with Crippen LogP contribution in [0.5, 0.6) is 0 Å². The summed E-state index contributed by atoms with van der Waals surface area (Å²) in [5.74, 6) is -9.08. The fraction of sp³-hybridized carbons (Fsp3) is 0.513. The van der Waals surface area contributed by atoms with Crippen molar-refractivity contribution < 1.29 is 63.7 Å². The third-order valence-corrected chi connectivity index (χ3v) is 11.6. The van der Waals surface area contributed by atoms with E-state index in [2.05, 4.69) is 5.32 Å². The number of Topliss-reactive ketones (excluding diaryl/α,β-unsaturated/α-hetero) is 1. The molecule has 2 saturated carbocycles. The number of amides is 1. The third kappa shape index (κ3) is 6.90. The van der Waals surface area contributed by atoms with Crippen LogP contribution in [-0.2, 0) is 33.4 Å². The first-order valence-electron chi connectivity index (χ1n) is 17.4. The Balaban J connectivity index is 1.60. The van der Waals surface area contributed by atoms with Gasteiger partial charge in [-0.1, -0.05) is 62.4 Å². The maximum Gasteiger partial charge on any atom is 0.338 e. The van der Waals surface area contributed by atoms with Gasteiger partial charge >= 0.3 is 17.9 Å². The van der Waals surface area contributed by atoms with Crippen LogP contribution >= 0.6 is 0 Å². The summed E-state index contributed by atoms with van der Waals surface area (Å²) in [5.41, 5.74) is -4.68. The van der Waals surface area contributed by atoms with E-state index in [1.807, 2.05) is 0 Å². The van der Waals surface area contributed by atoms with Crippen LogP contribution in [0.15, 0.2) is 71.8 Å². The van der Waals surface area contributed by atoms with Crippen molar-refractivity contribution in [3.63, 3.8) is 0 Å². The Morgan fingerprint density at radius 2 is 1.43 bits per heavy atom. The molecule has 286 valence electrons. The maximum absolute atomic E-state index is 14.7. The summed E-state index contributed by atoms with van der Waals surface area (Å²) in [4.78, 5) is 66.7. The van der Waals surface area contributed by atoms with Crippen LogP contribution in [0.2, 0.25) is 0 Å². The van der Waals surface area contributed by atoms with Crippen molar-refractivity contribution in [2.45, 2.75) is 109 Å². The van der Waals surface area contributed by atoms with E-state index in [1.54, 1.807) is 74.5 Å². The van der Waals surface area contributed by atoms with Crippen molar-refractivity contribution in [1.82, 2.24) is 5.32 Å². The molecule has 6 N–H and O–H groups in total. The minimum absolute atomic E-state index is 0.0600. The van der Waals surface area contributed by atoms with Gasteiger partial charge in [-0.25, -0.2) is 4.79 Å². The minimum atomic E-state index is -2.79. The summed E-state index contributed by atoms with van der Waals surface area (Å²) in [6.45, 7) is 7.98. The van der Waals surface area contributed by atoms with E-state index in [9.17, 15) is 49.5 Å². The van der Waals surface area contributed by atoms with Crippen molar-refractivity contribution in [1.29, 1.82) is 0 Å². The lowest BCUT2D eigenvalue weighted by Gasteiger charge is -2.61. The first-order chi connectivity index (χ1) is 24.7. The zero-order valence-electron chi connectivity index (χ0n) is 30.4. The minimum Gasteiger partial charge on any atom is -0.456 e. The molecule has 5 rings (SSSR count). The SMILES string of the molecule is CC(=O)O[C@H]1C(=O)[C@@]2(C)C(C[C@]3(O)C[C@H](OC(=O)[C@H](O)C(NC(=O)c4ccccc4)c4ccccc4)C(C)=C1C3(C)C)[C@](O)(OC(C)=O)[C@@H](O)C[C@@H]2O. The maximum atomic E-state index is 14.7. The van der Waals surface area contributed by atoms with Gasteiger partial charge in [0.15, 0.2) is 18.0 Å². The monoisotopic (exact) mass is 737 g/mol. The van der Waals surface area contributed by atoms with Crippen LogP contribution in [0.1, 0.15) is 82.8 Å². The molecule has 14 heteroatoms. The van der Waals surface area contributed by atoms with E-state index in [1.165, 1.54) is 13.8 Å². The predicted molar refractivity (Wildman–Crippen MR) is 185 cm³/mol. The highest BCUT2D eigenvalue weighted by Gasteiger charge is 2.71. The zero-order valence-corrected chi connectivity index (χ0v) is 30.4. The molecule has 0 saturated heterocycles. The number of hydrogen-bond donors (Lipinski definition) is 6. The Morgan fingerprint density at radius 1 is 0.849 bits per heavy atom. The summed E-state index contributed by atoms with van der Waals surface area (Å²) in [6.07, 6.45) is -10.3. The number of carbonyl (C=O) groups excluding carboxylic acids is 5. The van der Waals surface area contributed by atoms with Gasteiger partial charge in [-0.05, 0) is 49.1 Å². The average molecular weight is 738 g/mol. The Labute approximate surface area is 306 Å². The number of ether oxygens (including phenoxy) is 3. The highest BCUT2D eigenvalue weighted by atomic mass is 16.7. The van der Waals surface area contributed by atoms with Gasteiger partial charge in [0.05, 0.1) is 23.2 Å². The smallest absolute Gasteiger partial charge is 0.338 e. The number of aliphatic hydroxyl groups excluding tert-OH is 3. The number of nitrogens with one attached hydrogen (secondary N) is 1. The normalized spacial score (nSPS) is 33.3. The fourth-order valence-electron chi connectivity index (χ4n) is 8.41. The Kier molecular flexibility index (Phi) is 10.8. The van der Waals surface area contributed by atoms with E-state index in [0.717, 1.165) is 13.8 Å². The molecule has 0 radical (unpaired) electrons. The lowest BCUT2D eigenvalue weighted by atomic mass is 9.48. The summed E-state index contributed by atoms with van der Waals surface area (Å²) in [5, 5.41) is 61.3. The fourth-order valence-corrected chi connectivity index (χ4v) is 8.41. The van der Waals surface area contributed by atoms with Crippen LogP contribution in [0.25, 0.3) is 0 Å². The molecule has 2 bridgehead atoms. The van der Waals surface area contributed by atoms with Crippen LogP contribution < -0.4 is 5.32 Å². The van der Waals surface area contributed by atoms with Crippen molar-refractivity contribution in [2.75, 3.05) is 0 Å². The standard InChI is InChI=1S/C39H47NO13/c1-20-25(52-35(48)31(45)30(23-13-9-7-10-14-23)40-34(47)24-15-11-8-12-16-24)18-38(49)19-26-37(6,27(43)17-28(44)39(26,50)53-22(3)42)33(46)32(51-21(2)41)29(20)36(38,4)5/h7-16,25-28,30-32,43-45,49-50H,17-19H2,1-6H3,(H,40,47)/t25-,26?,27-,28-,30?,31+,32+,37-,38+,39-/m0/s1.